The quantitative estimate of drug-likeness (QED) is 0.573. The highest BCUT2D eigenvalue weighted by Gasteiger charge is 2.20. The first-order valence-electron chi connectivity index (χ1n) is 3.74. The minimum Gasteiger partial charge on any atom is -0.368 e. The van der Waals surface area contributed by atoms with Crippen molar-refractivity contribution in [3.63, 3.8) is 0 Å². The van der Waals surface area contributed by atoms with E-state index in [0.29, 0.717) is 0 Å². The van der Waals surface area contributed by atoms with Crippen molar-refractivity contribution in [2.75, 3.05) is 0 Å². The third kappa shape index (κ3) is 2.30. The van der Waals surface area contributed by atoms with Crippen molar-refractivity contribution < 1.29 is 13.2 Å². The lowest BCUT2D eigenvalue weighted by molar-refractivity contribution is -0.119. The zero-order chi connectivity index (χ0) is 10.8. The molecule has 0 aliphatic heterocycles. The molecule has 8 heteroatoms. The number of amides is 1. The topological polar surface area (TPSA) is 118 Å². The Bertz CT molecular complexity index is 410. The molecule has 14 heavy (non-hydrogen) atoms. The summed E-state index contributed by atoms with van der Waals surface area (Å²) in [5.41, 5.74) is 4.91. The molecule has 1 atom stereocenters. The van der Waals surface area contributed by atoms with Crippen LogP contribution in [0.3, 0.4) is 0 Å². The van der Waals surface area contributed by atoms with Gasteiger partial charge in [0.25, 0.3) is 0 Å². The van der Waals surface area contributed by atoms with Crippen molar-refractivity contribution in [1.82, 2.24) is 14.9 Å². The molecule has 78 valence electrons. The van der Waals surface area contributed by atoms with E-state index in [2.05, 4.69) is 14.9 Å². The van der Waals surface area contributed by atoms with Crippen LogP contribution >= 0.6 is 0 Å². The van der Waals surface area contributed by atoms with Gasteiger partial charge in [-0.2, -0.15) is 9.82 Å². The number of carbonyl (C=O) groups excluding carboxylic acids is 1. The Morgan fingerprint density at radius 3 is 2.79 bits per heavy atom. The van der Waals surface area contributed by atoms with Crippen molar-refractivity contribution in [2.45, 2.75) is 17.9 Å². The minimum absolute atomic E-state index is 0.0365. The number of carbonyl (C=O) groups is 1. The third-order valence-corrected chi connectivity index (χ3v) is 3.05. The highest BCUT2D eigenvalue weighted by atomic mass is 32.2. The zero-order valence-electron chi connectivity index (χ0n) is 7.39. The summed E-state index contributed by atoms with van der Waals surface area (Å²) in [5, 5.41) is 5.83. The highest BCUT2D eigenvalue weighted by molar-refractivity contribution is 7.89. The average Bonchev–Trinajstić information content (AvgIpc) is 2.54. The van der Waals surface area contributed by atoms with Crippen LogP contribution in [0.15, 0.2) is 17.3 Å². The number of hydrogen-bond donors (Lipinski definition) is 3. The number of sulfonamides is 1. The van der Waals surface area contributed by atoms with Crippen molar-refractivity contribution in [3.8, 4) is 0 Å². The Labute approximate surface area is 80.7 Å². The first kappa shape index (κ1) is 10.7. The molecule has 4 N–H and O–H groups in total. The van der Waals surface area contributed by atoms with E-state index >= 15 is 0 Å². The van der Waals surface area contributed by atoms with E-state index in [1.807, 2.05) is 0 Å². The summed E-state index contributed by atoms with van der Waals surface area (Å²) in [4.78, 5) is 10.6. The highest BCUT2D eigenvalue weighted by Crippen LogP contribution is 2.04. The number of nitrogens with two attached hydrogens (primary N) is 1. The van der Waals surface area contributed by atoms with Crippen LogP contribution < -0.4 is 10.5 Å². The molecule has 0 saturated heterocycles. The van der Waals surface area contributed by atoms with Crippen molar-refractivity contribution in [3.05, 3.63) is 12.4 Å². The molecule has 1 aromatic rings. The SMILES string of the molecule is CC(NS(=O)(=O)c1cn[nH]c1)C(N)=O. The summed E-state index contributed by atoms with van der Waals surface area (Å²) in [6.45, 7) is 1.36. The van der Waals surface area contributed by atoms with Gasteiger partial charge in [0.15, 0.2) is 0 Å². The predicted molar refractivity (Wildman–Crippen MR) is 47.6 cm³/mol. The summed E-state index contributed by atoms with van der Waals surface area (Å²) in [6.07, 6.45) is 2.34. The van der Waals surface area contributed by atoms with Crippen LogP contribution in [0.1, 0.15) is 6.92 Å². The van der Waals surface area contributed by atoms with Gasteiger partial charge in [-0.1, -0.05) is 0 Å². The van der Waals surface area contributed by atoms with Crippen LogP contribution in [-0.2, 0) is 14.8 Å². The number of hydrogen-bond acceptors (Lipinski definition) is 4. The van der Waals surface area contributed by atoms with Gasteiger partial charge in [0.1, 0.15) is 4.90 Å². The maximum Gasteiger partial charge on any atom is 0.244 e. The summed E-state index contributed by atoms with van der Waals surface area (Å²) in [5.74, 6) is -0.739. The maximum atomic E-state index is 11.4. The van der Waals surface area contributed by atoms with Crippen molar-refractivity contribution >= 4 is 15.9 Å². The van der Waals surface area contributed by atoms with Crippen LogP contribution in [0.5, 0.6) is 0 Å². The number of H-pyrrole nitrogens is 1. The van der Waals surface area contributed by atoms with Gasteiger partial charge in [0.05, 0.1) is 12.2 Å². The van der Waals surface area contributed by atoms with Crippen LogP contribution in [-0.4, -0.2) is 30.6 Å². The first-order valence-corrected chi connectivity index (χ1v) is 5.22. The molecule has 0 fully saturated rings. The van der Waals surface area contributed by atoms with Gasteiger partial charge >= 0.3 is 0 Å². The molecule has 0 spiro atoms. The van der Waals surface area contributed by atoms with Gasteiger partial charge in [-0.25, -0.2) is 8.42 Å². The molecule has 1 amide bonds. The Balaban J connectivity index is 2.84. The van der Waals surface area contributed by atoms with Crippen LogP contribution in [0, 0.1) is 0 Å². The number of aromatic nitrogens is 2. The molecule has 7 nitrogen and oxygen atoms in total. The zero-order valence-corrected chi connectivity index (χ0v) is 8.21. The number of aromatic amines is 1. The second kappa shape index (κ2) is 3.76. The molecule has 0 radical (unpaired) electrons. The predicted octanol–water partition coefficient (Wildman–Crippen LogP) is -1.44. The maximum absolute atomic E-state index is 11.4. The van der Waals surface area contributed by atoms with E-state index < -0.39 is 22.0 Å². The van der Waals surface area contributed by atoms with E-state index in [1.165, 1.54) is 13.1 Å². The second-order valence-corrected chi connectivity index (χ2v) is 4.39. The molecule has 0 bridgehead atoms. The lowest BCUT2D eigenvalue weighted by atomic mass is 10.4. The lowest BCUT2D eigenvalue weighted by Crippen LogP contribution is -2.41. The van der Waals surface area contributed by atoms with E-state index in [-0.39, 0.29) is 4.90 Å². The van der Waals surface area contributed by atoms with Crippen LogP contribution in [0.25, 0.3) is 0 Å². The number of nitrogens with one attached hydrogen (secondary N) is 2. The summed E-state index contributed by atoms with van der Waals surface area (Å²) in [7, 11) is -3.71. The van der Waals surface area contributed by atoms with Crippen LogP contribution in [0.2, 0.25) is 0 Å². The first-order chi connectivity index (χ1) is 6.43. The van der Waals surface area contributed by atoms with E-state index in [4.69, 9.17) is 5.73 Å². The molecular weight excluding hydrogens is 208 g/mol. The fourth-order valence-corrected chi connectivity index (χ4v) is 1.86. The van der Waals surface area contributed by atoms with E-state index in [9.17, 15) is 13.2 Å². The van der Waals surface area contributed by atoms with Gasteiger partial charge in [0, 0.05) is 6.20 Å². The summed E-state index contributed by atoms with van der Waals surface area (Å²) < 4.78 is 25.0. The standard InChI is InChI=1S/C6H10N4O3S/c1-4(6(7)11)10-14(12,13)5-2-8-9-3-5/h2-4,10H,1H3,(H2,7,11)(H,8,9). The van der Waals surface area contributed by atoms with E-state index in [1.54, 1.807) is 0 Å². The molecule has 0 saturated carbocycles. The monoisotopic (exact) mass is 218 g/mol. The summed E-state index contributed by atoms with van der Waals surface area (Å²) >= 11 is 0. The average molecular weight is 218 g/mol. The Morgan fingerprint density at radius 2 is 2.36 bits per heavy atom. The fourth-order valence-electron chi connectivity index (χ4n) is 0.745. The number of nitrogens with zero attached hydrogens (tertiary/aromatic N) is 1. The van der Waals surface area contributed by atoms with Crippen molar-refractivity contribution in [1.29, 1.82) is 0 Å². The fraction of sp³-hybridized carbons (Fsp3) is 0.333. The lowest BCUT2D eigenvalue weighted by Gasteiger charge is -2.08. The molecule has 1 aromatic heterocycles. The van der Waals surface area contributed by atoms with Gasteiger partial charge in [-0.3, -0.25) is 9.89 Å². The Morgan fingerprint density at radius 1 is 1.71 bits per heavy atom. The molecule has 1 heterocycles. The Hall–Kier alpha value is -1.41. The normalized spacial score (nSPS) is 13.8. The molecule has 1 unspecified atom stereocenters. The van der Waals surface area contributed by atoms with Gasteiger partial charge in [-0.15, -0.1) is 0 Å². The van der Waals surface area contributed by atoms with Gasteiger partial charge in [-0.05, 0) is 6.92 Å². The van der Waals surface area contributed by atoms with Gasteiger partial charge < -0.3 is 5.73 Å². The third-order valence-electron chi connectivity index (χ3n) is 1.54. The molecular formula is C6H10N4O3S. The molecule has 1 rings (SSSR count). The van der Waals surface area contributed by atoms with Crippen molar-refractivity contribution in [2.24, 2.45) is 5.73 Å². The Kier molecular flexibility index (Phi) is 2.87. The van der Waals surface area contributed by atoms with E-state index in [0.717, 1.165) is 6.20 Å². The second-order valence-electron chi connectivity index (χ2n) is 2.68. The smallest absolute Gasteiger partial charge is 0.244 e. The number of rotatable bonds is 4. The number of primary amides is 1. The molecule has 0 aliphatic carbocycles. The minimum atomic E-state index is -3.71. The van der Waals surface area contributed by atoms with Crippen LogP contribution in [0.4, 0.5) is 0 Å². The largest absolute Gasteiger partial charge is 0.368 e. The molecule has 0 aromatic carbocycles. The summed E-state index contributed by atoms with van der Waals surface area (Å²) in [6, 6.07) is -0.949. The molecule has 0 aliphatic rings. The van der Waals surface area contributed by atoms with Gasteiger partial charge in [0.2, 0.25) is 15.9 Å².